The number of hydrogen-bond acceptors (Lipinski definition) is 7. The van der Waals surface area contributed by atoms with Crippen LogP contribution in [-0.4, -0.2) is 75.5 Å². The molecule has 0 amide bonds. The third-order valence-corrected chi connectivity index (χ3v) is 9.00. The number of esters is 2. The van der Waals surface area contributed by atoms with E-state index in [1.54, 1.807) is 21.1 Å². The summed E-state index contributed by atoms with van der Waals surface area (Å²) in [6, 6.07) is -0.727. The van der Waals surface area contributed by atoms with Crippen molar-refractivity contribution in [1.82, 2.24) is 0 Å². The van der Waals surface area contributed by atoms with Crippen molar-refractivity contribution in [1.29, 1.82) is 0 Å². The summed E-state index contributed by atoms with van der Waals surface area (Å²) in [5, 5.41) is 11.6. The summed E-state index contributed by atoms with van der Waals surface area (Å²) < 4.78 is 17.1. The van der Waals surface area contributed by atoms with Crippen molar-refractivity contribution in [3.8, 4) is 0 Å². The molecule has 0 aromatic heterocycles. The second-order valence-electron chi connectivity index (χ2n) is 14.9. The van der Waals surface area contributed by atoms with Gasteiger partial charge in [-0.15, -0.1) is 0 Å². The van der Waals surface area contributed by atoms with E-state index in [0.717, 1.165) is 70.6 Å². The molecular weight excluding hydrogens is 642 g/mol. The normalized spacial score (nSPS) is 13.4. The van der Waals surface area contributed by atoms with E-state index in [1.165, 1.54) is 64.2 Å². The van der Waals surface area contributed by atoms with Gasteiger partial charge in [-0.05, 0) is 64.2 Å². The maximum absolute atomic E-state index is 12.6. The Kier molecular flexibility index (Phi) is 33.0. The van der Waals surface area contributed by atoms with Crippen molar-refractivity contribution in [3.05, 3.63) is 36.5 Å². The number of aliphatic carboxylic acids is 1. The standard InChI is InChI=1S/C43H77NO7/c1-6-8-10-12-14-16-18-19-20-21-22-23-24-26-27-29-31-33-41(45)50-38-39(37-49-36-35-40(43(47)48)44(3,4)5)51-42(46)34-32-30-28-25-17-15-13-11-9-7-2/h13-16,19-20,39-40H,6-12,17-18,21-38H2,1-5H3/b15-13+,16-14+,20-19+. The lowest BCUT2D eigenvalue weighted by Crippen LogP contribution is -2.55. The monoisotopic (exact) mass is 720 g/mol. The van der Waals surface area contributed by atoms with E-state index in [2.05, 4.69) is 50.3 Å². The predicted octanol–water partition coefficient (Wildman–Crippen LogP) is 9.35. The van der Waals surface area contributed by atoms with E-state index in [1.807, 2.05) is 0 Å². The number of carboxylic acid groups (broad SMARTS) is 1. The fourth-order valence-electron chi connectivity index (χ4n) is 5.73. The lowest BCUT2D eigenvalue weighted by molar-refractivity contribution is -0.889. The molecule has 296 valence electrons. The van der Waals surface area contributed by atoms with Gasteiger partial charge in [0.25, 0.3) is 0 Å². The molecule has 8 nitrogen and oxygen atoms in total. The van der Waals surface area contributed by atoms with Gasteiger partial charge in [0.15, 0.2) is 6.10 Å². The SMILES string of the molecule is CCCC/C=C/CCCCCCC(=O)OC(COCCC(C(=O)[O-])[N+](C)(C)C)COC(=O)CCCCCCCCC/C=C/C/C=C/CCCCC. The third kappa shape index (κ3) is 33.2. The number of ether oxygens (including phenoxy) is 3. The lowest BCUT2D eigenvalue weighted by atomic mass is 10.1. The second kappa shape index (κ2) is 34.6. The molecule has 0 heterocycles. The highest BCUT2D eigenvalue weighted by atomic mass is 16.6. The molecule has 0 aromatic carbocycles. The number of carbonyl (C=O) groups excluding carboxylic acids is 3. The molecule has 0 spiro atoms. The lowest BCUT2D eigenvalue weighted by Gasteiger charge is -2.34. The number of likely N-dealkylation sites (N-methyl/N-ethyl adjacent to an activating group) is 1. The zero-order chi connectivity index (χ0) is 37.8. The Hall–Kier alpha value is -2.45. The summed E-state index contributed by atoms with van der Waals surface area (Å²) in [5.41, 5.74) is 0. The molecule has 0 N–H and O–H groups in total. The summed E-state index contributed by atoms with van der Waals surface area (Å²) >= 11 is 0. The van der Waals surface area contributed by atoms with Gasteiger partial charge in [-0.3, -0.25) is 9.59 Å². The summed E-state index contributed by atoms with van der Waals surface area (Å²) in [6.45, 7) is 4.56. The molecule has 0 fully saturated rings. The first-order valence-corrected chi connectivity index (χ1v) is 20.5. The second-order valence-corrected chi connectivity index (χ2v) is 14.9. The summed E-state index contributed by atoms with van der Waals surface area (Å²) in [6.07, 6.45) is 37.4. The number of allylic oxidation sites excluding steroid dienone is 6. The molecular formula is C43H77NO7. The highest BCUT2D eigenvalue weighted by Crippen LogP contribution is 2.13. The number of nitrogens with zero attached hydrogens (tertiary/aromatic N) is 1. The highest BCUT2D eigenvalue weighted by molar-refractivity contribution is 5.70. The van der Waals surface area contributed by atoms with Crippen LogP contribution in [0.1, 0.15) is 168 Å². The van der Waals surface area contributed by atoms with Crippen LogP contribution in [0, 0.1) is 0 Å². The maximum atomic E-state index is 12.6. The van der Waals surface area contributed by atoms with Crippen LogP contribution in [0.3, 0.4) is 0 Å². The highest BCUT2D eigenvalue weighted by Gasteiger charge is 2.25. The van der Waals surface area contributed by atoms with Gasteiger partial charge in [-0.25, -0.2) is 0 Å². The quantitative estimate of drug-likeness (QED) is 0.0275. The molecule has 2 atom stereocenters. The van der Waals surface area contributed by atoms with Gasteiger partial charge >= 0.3 is 11.9 Å². The van der Waals surface area contributed by atoms with Crippen molar-refractivity contribution in [2.75, 3.05) is 41.0 Å². The van der Waals surface area contributed by atoms with Crippen LogP contribution in [0.4, 0.5) is 0 Å². The molecule has 0 saturated heterocycles. The van der Waals surface area contributed by atoms with Crippen LogP contribution >= 0.6 is 0 Å². The van der Waals surface area contributed by atoms with Crippen molar-refractivity contribution in [2.24, 2.45) is 0 Å². The molecule has 51 heavy (non-hydrogen) atoms. The minimum absolute atomic E-state index is 0.0340. The molecule has 0 bridgehead atoms. The summed E-state index contributed by atoms with van der Waals surface area (Å²) in [5.74, 6) is -1.76. The smallest absolute Gasteiger partial charge is 0.306 e. The average molecular weight is 720 g/mol. The number of quaternary nitrogens is 1. The van der Waals surface area contributed by atoms with E-state index in [-0.39, 0.29) is 42.7 Å². The van der Waals surface area contributed by atoms with Crippen LogP contribution in [0.2, 0.25) is 0 Å². The Labute approximate surface area is 313 Å². The largest absolute Gasteiger partial charge is 0.544 e. The fraction of sp³-hybridized carbons (Fsp3) is 0.791. The fourth-order valence-corrected chi connectivity index (χ4v) is 5.73. The Bertz CT molecular complexity index is 937. The van der Waals surface area contributed by atoms with Gasteiger partial charge < -0.3 is 28.6 Å². The molecule has 0 aliphatic heterocycles. The third-order valence-electron chi connectivity index (χ3n) is 9.00. The molecule has 0 rings (SSSR count). The van der Waals surface area contributed by atoms with Gasteiger partial charge in [-0.1, -0.05) is 121 Å². The number of carboxylic acids is 1. The van der Waals surface area contributed by atoms with Crippen LogP contribution < -0.4 is 5.11 Å². The Balaban J connectivity index is 4.35. The van der Waals surface area contributed by atoms with Crippen LogP contribution in [0.25, 0.3) is 0 Å². The van der Waals surface area contributed by atoms with Gasteiger partial charge in [0.1, 0.15) is 12.6 Å². The Morgan fingerprint density at radius 3 is 1.59 bits per heavy atom. The van der Waals surface area contributed by atoms with E-state index in [0.29, 0.717) is 12.8 Å². The zero-order valence-electron chi connectivity index (χ0n) is 33.5. The van der Waals surface area contributed by atoms with Gasteiger partial charge in [0.05, 0.1) is 40.3 Å². The maximum Gasteiger partial charge on any atom is 0.306 e. The summed E-state index contributed by atoms with van der Waals surface area (Å²) in [4.78, 5) is 36.7. The number of unbranched alkanes of at least 4 members (excludes halogenated alkanes) is 16. The number of hydrogen-bond donors (Lipinski definition) is 0. The molecule has 0 radical (unpaired) electrons. The van der Waals surface area contributed by atoms with E-state index >= 15 is 0 Å². The molecule has 0 aliphatic carbocycles. The molecule has 0 aromatic rings. The first kappa shape index (κ1) is 48.5. The van der Waals surface area contributed by atoms with Crippen LogP contribution in [0.5, 0.6) is 0 Å². The number of carbonyl (C=O) groups is 3. The zero-order valence-corrected chi connectivity index (χ0v) is 33.5. The van der Waals surface area contributed by atoms with E-state index in [9.17, 15) is 19.5 Å². The van der Waals surface area contributed by atoms with Gasteiger partial charge in [-0.2, -0.15) is 0 Å². The molecule has 0 aliphatic rings. The van der Waals surface area contributed by atoms with Crippen molar-refractivity contribution >= 4 is 17.9 Å². The van der Waals surface area contributed by atoms with Gasteiger partial charge in [0.2, 0.25) is 0 Å². The first-order chi connectivity index (χ1) is 24.6. The summed E-state index contributed by atoms with van der Waals surface area (Å²) in [7, 11) is 5.39. The first-order valence-electron chi connectivity index (χ1n) is 20.5. The molecule has 0 saturated carbocycles. The Morgan fingerprint density at radius 1 is 0.588 bits per heavy atom. The number of rotatable bonds is 36. The van der Waals surface area contributed by atoms with E-state index in [4.69, 9.17) is 14.2 Å². The average Bonchev–Trinajstić information content (AvgIpc) is 3.08. The van der Waals surface area contributed by atoms with E-state index < -0.39 is 18.1 Å². The predicted molar refractivity (Wildman–Crippen MR) is 208 cm³/mol. The van der Waals surface area contributed by atoms with Crippen molar-refractivity contribution < 1.29 is 38.2 Å². The van der Waals surface area contributed by atoms with Crippen LogP contribution in [0.15, 0.2) is 36.5 Å². The minimum Gasteiger partial charge on any atom is -0.544 e. The molecule has 8 heteroatoms. The topological polar surface area (TPSA) is 102 Å². The van der Waals surface area contributed by atoms with Crippen LogP contribution in [-0.2, 0) is 28.6 Å². The van der Waals surface area contributed by atoms with Gasteiger partial charge in [0, 0.05) is 19.3 Å². The minimum atomic E-state index is -1.13. The Morgan fingerprint density at radius 2 is 1.06 bits per heavy atom. The van der Waals surface area contributed by atoms with Crippen molar-refractivity contribution in [3.63, 3.8) is 0 Å². The van der Waals surface area contributed by atoms with Crippen molar-refractivity contribution in [2.45, 2.75) is 180 Å². The molecule has 2 unspecified atom stereocenters.